The van der Waals surface area contributed by atoms with Gasteiger partial charge in [-0.25, -0.2) is 0 Å². The smallest absolute Gasteiger partial charge is 0.252 e. The minimum atomic E-state index is -0.139. The highest BCUT2D eigenvalue weighted by atomic mass is 127. The molecule has 4 nitrogen and oxygen atoms in total. The van der Waals surface area contributed by atoms with E-state index in [2.05, 4.69) is 27.9 Å². The number of benzene rings is 2. The zero-order valence-corrected chi connectivity index (χ0v) is 17.2. The standard InChI is InChI=1S/C20H24INO3/c1-5-24-18-10-8-15(12-19(18)25-6-2)14(4)22-20(23)16-9-7-13(3)11-17(16)21/h7-12,14H,5-6H2,1-4H3,(H,22,23)/t14-/m1/s1. The number of nitrogens with one attached hydrogen (secondary N) is 1. The summed E-state index contributed by atoms with van der Waals surface area (Å²) < 4.78 is 12.2. The largest absolute Gasteiger partial charge is 0.490 e. The van der Waals surface area contributed by atoms with Crippen LogP contribution in [0.15, 0.2) is 36.4 Å². The van der Waals surface area contributed by atoms with Gasteiger partial charge >= 0.3 is 0 Å². The van der Waals surface area contributed by atoms with E-state index in [4.69, 9.17) is 9.47 Å². The van der Waals surface area contributed by atoms with Gasteiger partial charge in [-0.15, -0.1) is 0 Å². The van der Waals surface area contributed by atoms with Crippen molar-refractivity contribution in [3.05, 3.63) is 56.7 Å². The van der Waals surface area contributed by atoms with Gasteiger partial charge in [-0.1, -0.05) is 17.7 Å². The third-order valence-corrected chi connectivity index (χ3v) is 4.68. The summed E-state index contributed by atoms with van der Waals surface area (Å²) in [4.78, 5) is 12.6. The van der Waals surface area contributed by atoms with Crippen molar-refractivity contribution in [1.82, 2.24) is 5.32 Å². The number of carbonyl (C=O) groups excluding carboxylic acids is 1. The van der Waals surface area contributed by atoms with E-state index in [1.54, 1.807) is 0 Å². The van der Waals surface area contributed by atoms with E-state index in [0.29, 0.717) is 24.5 Å². The summed E-state index contributed by atoms with van der Waals surface area (Å²) in [5, 5.41) is 3.05. The Labute approximate surface area is 163 Å². The fourth-order valence-corrected chi connectivity index (χ4v) is 3.41. The molecule has 2 aromatic rings. The molecule has 2 rings (SSSR count). The number of aryl methyl sites for hydroxylation is 1. The molecule has 0 radical (unpaired) electrons. The topological polar surface area (TPSA) is 47.6 Å². The maximum absolute atomic E-state index is 12.6. The maximum Gasteiger partial charge on any atom is 0.252 e. The van der Waals surface area contributed by atoms with Crippen LogP contribution < -0.4 is 14.8 Å². The molecule has 1 amide bonds. The number of rotatable bonds is 7. The van der Waals surface area contributed by atoms with Gasteiger partial charge in [0.2, 0.25) is 0 Å². The molecule has 1 atom stereocenters. The predicted octanol–water partition coefficient (Wildman–Crippen LogP) is 4.89. The Balaban J connectivity index is 2.18. The Morgan fingerprint density at radius 1 is 1.08 bits per heavy atom. The van der Waals surface area contributed by atoms with Crippen LogP contribution in [0.1, 0.15) is 48.3 Å². The second-order valence-corrected chi connectivity index (χ2v) is 6.91. The summed E-state index contributed by atoms with van der Waals surface area (Å²) in [6.45, 7) is 9.00. The van der Waals surface area contributed by atoms with Gasteiger partial charge in [-0.2, -0.15) is 0 Å². The number of hydrogen-bond donors (Lipinski definition) is 1. The van der Waals surface area contributed by atoms with Gasteiger partial charge in [0.15, 0.2) is 11.5 Å². The molecule has 0 bridgehead atoms. The Morgan fingerprint density at radius 2 is 1.76 bits per heavy atom. The number of ether oxygens (including phenoxy) is 2. The molecule has 134 valence electrons. The Kier molecular flexibility index (Phi) is 7.11. The molecule has 0 aliphatic rings. The average Bonchev–Trinajstić information content (AvgIpc) is 2.56. The van der Waals surface area contributed by atoms with Gasteiger partial charge < -0.3 is 14.8 Å². The van der Waals surface area contributed by atoms with Crippen LogP contribution in [0.4, 0.5) is 0 Å². The summed E-state index contributed by atoms with van der Waals surface area (Å²) in [5.74, 6) is 1.34. The molecule has 0 heterocycles. The highest BCUT2D eigenvalue weighted by Crippen LogP contribution is 2.31. The number of hydrogen-bond acceptors (Lipinski definition) is 3. The van der Waals surface area contributed by atoms with Crippen molar-refractivity contribution in [3.8, 4) is 11.5 Å². The lowest BCUT2D eigenvalue weighted by Crippen LogP contribution is -2.27. The van der Waals surface area contributed by atoms with Gasteiger partial charge in [0.25, 0.3) is 5.91 Å². The highest BCUT2D eigenvalue weighted by Gasteiger charge is 2.16. The molecule has 0 aliphatic carbocycles. The van der Waals surface area contributed by atoms with Crippen molar-refractivity contribution in [3.63, 3.8) is 0 Å². The van der Waals surface area contributed by atoms with Crippen LogP contribution in [-0.4, -0.2) is 19.1 Å². The zero-order chi connectivity index (χ0) is 18.4. The van der Waals surface area contributed by atoms with Crippen molar-refractivity contribution in [2.75, 3.05) is 13.2 Å². The molecule has 25 heavy (non-hydrogen) atoms. The molecule has 1 N–H and O–H groups in total. The second-order valence-electron chi connectivity index (χ2n) is 5.75. The summed E-state index contributed by atoms with van der Waals surface area (Å²) >= 11 is 2.20. The molecule has 0 unspecified atom stereocenters. The predicted molar refractivity (Wildman–Crippen MR) is 109 cm³/mol. The van der Waals surface area contributed by atoms with E-state index in [1.165, 1.54) is 0 Å². The summed E-state index contributed by atoms with van der Waals surface area (Å²) in [5.41, 5.74) is 2.80. The van der Waals surface area contributed by atoms with E-state index >= 15 is 0 Å². The first-order valence-electron chi connectivity index (χ1n) is 8.42. The normalized spacial score (nSPS) is 11.7. The van der Waals surface area contributed by atoms with E-state index in [1.807, 2.05) is 64.1 Å². The van der Waals surface area contributed by atoms with E-state index in [9.17, 15) is 4.79 Å². The summed E-state index contributed by atoms with van der Waals surface area (Å²) in [6, 6.07) is 11.5. The van der Waals surface area contributed by atoms with Crippen molar-refractivity contribution in [2.45, 2.75) is 33.7 Å². The molecule has 5 heteroatoms. The first-order chi connectivity index (χ1) is 12.0. The summed E-state index contributed by atoms with van der Waals surface area (Å²) in [7, 11) is 0. The first-order valence-corrected chi connectivity index (χ1v) is 9.50. The number of carbonyl (C=O) groups is 1. The van der Waals surface area contributed by atoms with Crippen molar-refractivity contribution in [2.24, 2.45) is 0 Å². The molecular weight excluding hydrogens is 429 g/mol. The first kappa shape index (κ1) is 19.6. The molecule has 0 fully saturated rings. The van der Waals surface area contributed by atoms with Crippen LogP contribution >= 0.6 is 22.6 Å². The van der Waals surface area contributed by atoms with Gasteiger partial charge in [-0.3, -0.25) is 4.79 Å². The van der Waals surface area contributed by atoms with Crippen LogP contribution in [0, 0.1) is 10.5 Å². The third kappa shape index (κ3) is 5.11. The zero-order valence-electron chi connectivity index (χ0n) is 15.1. The number of amides is 1. The van der Waals surface area contributed by atoms with Crippen LogP contribution in [0.25, 0.3) is 0 Å². The van der Waals surface area contributed by atoms with Crippen LogP contribution in [0.2, 0.25) is 0 Å². The van der Waals surface area contributed by atoms with Gasteiger partial charge in [0.05, 0.1) is 24.8 Å². The lowest BCUT2D eigenvalue weighted by molar-refractivity contribution is 0.0939. The summed E-state index contributed by atoms with van der Waals surface area (Å²) in [6.07, 6.45) is 0. The van der Waals surface area contributed by atoms with Gasteiger partial charge in [-0.05, 0) is 80.1 Å². The Hall–Kier alpha value is -1.76. The molecule has 2 aromatic carbocycles. The van der Waals surface area contributed by atoms with Crippen molar-refractivity contribution < 1.29 is 14.3 Å². The van der Waals surface area contributed by atoms with Gasteiger partial charge in [0, 0.05) is 3.57 Å². The van der Waals surface area contributed by atoms with E-state index in [0.717, 1.165) is 20.4 Å². The SMILES string of the molecule is CCOc1ccc([C@@H](C)NC(=O)c2ccc(C)cc2I)cc1OCC. The monoisotopic (exact) mass is 453 g/mol. The quantitative estimate of drug-likeness (QED) is 0.608. The molecule has 0 saturated carbocycles. The molecule has 0 aromatic heterocycles. The molecular formula is C20H24INO3. The molecule has 0 saturated heterocycles. The average molecular weight is 453 g/mol. The lowest BCUT2D eigenvalue weighted by Gasteiger charge is -2.18. The molecule has 0 aliphatic heterocycles. The fourth-order valence-electron chi connectivity index (χ4n) is 2.50. The third-order valence-electron chi connectivity index (χ3n) is 3.78. The minimum Gasteiger partial charge on any atom is -0.490 e. The number of halogens is 1. The van der Waals surface area contributed by atoms with E-state index < -0.39 is 0 Å². The fraction of sp³-hybridized carbons (Fsp3) is 0.350. The maximum atomic E-state index is 12.6. The van der Waals surface area contributed by atoms with Crippen LogP contribution in [-0.2, 0) is 0 Å². The Morgan fingerprint density at radius 3 is 2.40 bits per heavy atom. The van der Waals surface area contributed by atoms with Gasteiger partial charge in [0.1, 0.15) is 0 Å². The Bertz CT molecular complexity index is 746. The van der Waals surface area contributed by atoms with Crippen LogP contribution in [0.3, 0.4) is 0 Å². The van der Waals surface area contributed by atoms with E-state index in [-0.39, 0.29) is 11.9 Å². The second kappa shape index (κ2) is 9.08. The lowest BCUT2D eigenvalue weighted by atomic mass is 10.1. The van der Waals surface area contributed by atoms with Crippen molar-refractivity contribution in [1.29, 1.82) is 0 Å². The van der Waals surface area contributed by atoms with Crippen molar-refractivity contribution >= 4 is 28.5 Å². The van der Waals surface area contributed by atoms with Crippen LogP contribution in [0.5, 0.6) is 11.5 Å². The highest BCUT2D eigenvalue weighted by molar-refractivity contribution is 14.1. The molecule has 0 spiro atoms. The minimum absolute atomic E-state index is 0.0799.